The fourth-order valence-corrected chi connectivity index (χ4v) is 1.98. The van der Waals surface area contributed by atoms with Gasteiger partial charge in [-0.1, -0.05) is 17.7 Å². The van der Waals surface area contributed by atoms with E-state index in [1.165, 1.54) is 0 Å². The standard InChI is InChI=1S/C12H9BrClFN2/c13-9-2-1-7(12(15)11(9)14)5-8-6-17-4-3-10(8)16/h1-4,6H,5H2,(H2,16,17). The molecule has 0 aliphatic carbocycles. The van der Waals surface area contributed by atoms with Crippen molar-refractivity contribution in [3.63, 3.8) is 0 Å². The second kappa shape index (κ2) is 5.02. The molecule has 2 nitrogen and oxygen atoms in total. The average molecular weight is 316 g/mol. The quantitative estimate of drug-likeness (QED) is 0.856. The molecule has 88 valence electrons. The zero-order chi connectivity index (χ0) is 12.4. The Balaban J connectivity index is 2.38. The van der Waals surface area contributed by atoms with Crippen molar-refractivity contribution in [2.24, 2.45) is 0 Å². The number of anilines is 1. The van der Waals surface area contributed by atoms with Crippen LogP contribution in [0.5, 0.6) is 0 Å². The summed E-state index contributed by atoms with van der Waals surface area (Å²) in [5.74, 6) is -0.427. The third-order valence-corrected chi connectivity index (χ3v) is 3.70. The lowest BCUT2D eigenvalue weighted by Gasteiger charge is -2.08. The number of hydrogen-bond acceptors (Lipinski definition) is 2. The van der Waals surface area contributed by atoms with Gasteiger partial charge in [0.2, 0.25) is 0 Å². The Kier molecular flexibility index (Phi) is 3.64. The molecule has 0 bridgehead atoms. The highest BCUT2D eigenvalue weighted by Gasteiger charge is 2.11. The molecule has 0 spiro atoms. The molecule has 0 amide bonds. The van der Waals surface area contributed by atoms with Gasteiger partial charge in [-0.2, -0.15) is 0 Å². The molecule has 1 aromatic carbocycles. The smallest absolute Gasteiger partial charge is 0.146 e. The average Bonchev–Trinajstić information content (AvgIpc) is 2.32. The summed E-state index contributed by atoms with van der Waals surface area (Å²) in [6, 6.07) is 5.08. The summed E-state index contributed by atoms with van der Waals surface area (Å²) in [7, 11) is 0. The topological polar surface area (TPSA) is 38.9 Å². The van der Waals surface area contributed by atoms with Crippen LogP contribution in [0.3, 0.4) is 0 Å². The van der Waals surface area contributed by atoms with Gasteiger partial charge >= 0.3 is 0 Å². The molecule has 0 unspecified atom stereocenters. The van der Waals surface area contributed by atoms with Gasteiger partial charge < -0.3 is 5.73 Å². The van der Waals surface area contributed by atoms with Crippen LogP contribution in [0.15, 0.2) is 35.1 Å². The molecule has 0 aliphatic heterocycles. The maximum absolute atomic E-state index is 13.9. The highest BCUT2D eigenvalue weighted by atomic mass is 79.9. The van der Waals surface area contributed by atoms with E-state index in [0.717, 1.165) is 5.56 Å². The first-order valence-corrected chi connectivity index (χ1v) is 6.07. The molecule has 2 rings (SSSR count). The van der Waals surface area contributed by atoms with Gasteiger partial charge in [0.25, 0.3) is 0 Å². The fraction of sp³-hybridized carbons (Fsp3) is 0.0833. The molecular formula is C12H9BrClFN2. The number of benzene rings is 1. The predicted molar refractivity (Wildman–Crippen MR) is 70.6 cm³/mol. The minimum absolute atomic E-state index is 0.0879. The zero-order valence-corrected chi connectivity index (χ0v) is 11.1. The summed E-state index contributed by atoms with van der Waals surface area (Å²) in [5.41, 5.74) is 7.66. The van der Waals surface area contributed by atoms with Crippen molar-refractivity contribution in [1.82, 2.24) is 4.98 Å². The van der Waals surface area contributed by atoms with Gasteiger partial charge in [0, 0.05) is 29.0 Å². The van der Waals surface area contributed by atoms with Crippen LogP contribution in [0, 0.1) is 5.82 Å². The Morgan fingerprint density at radius 2 is 2.06 bits per heavy atom. The van der Waals surface area contributed by atoms with Crippen LogP contribution in [-0.4, -0.2) is 4.98 Å². The number of hydrogen-bond donors (Lipinski definition) is 1. The van der Waals surface area contributed by atoms with Crippen LogP contribution in [0.25, 0.3) is 0 Å². The van der Waals surface area contributed by atoms with Gasteiger partial charge in [-0.15, -0.1) is 0 Å². The van der Waals surface area contributed by atoms with Crippen molar-refractivity contribution < 1.29 is 4.39 Å². The van der Waals surface area contributed by atoms with E-state index in [1.807, 2.05) is 0 Å². The molecule has 2 N–H and O–H groups in total. The second-order valence-corrected chi connectivity index (χ2v) is 4.82. The van der Waals surface area contributed by atoms with Crippen molar-refractivity contribution in [3.05, 3.63) is 57.0 Å². The first-order chi connectivity index (χ1) is 8.09. The van der Waals surface area contributed by atoms with E-state index in [-0.39, 0.29) is 5.02 Å². The molecule has 0 fully saturated rings. The molecule has 0 atom stereocenters. The van der Waals surface area contributed by atoms with Gasteiger partial charge in [-0.3, -0.25) is 4.98 Å². The highest BCUT2D eigenvalue weighted by Crippen LogP contribution is 2.29. The molecule has 0 aliphatic rings. The van der Waals surface area contributed by atoms with Crippen molar-refractivity contribution in [2.75, 3.05) is 5.73 Å². The van der Waals surface area contributed by atoms with Crippen LogP contribution in [-0.2, 0) is 6.42 Å². The lowest BCUT2D eigenvalue weighted by Crippen LogP contribution is -1.99. The Bertz CT molecular complexity index is 560. The van der Waals surface area contributed by atoms with Crippen molar-refractivity contribution in [2.45, 2.75) is 6.42 Å². The van der Waals surface area contributed by atoms with Crippen LogP contribution >= 0.6 is 27.5 Å². The minimum Gasteiger partial charge on any atom is -0.398 e. The molecule has 2 aromatic rings. The Morgan fingerprint density at radius 1 is 1.29 bits per heavy atom. The second-order valence-electron chi connectivity index (χ2n) is 3.59. The summed E-state index contributed by atoms with van der Waals surface area (Å²) in [5, 5.41) is 0.0879. The fourth-order valence-electron chi connectivity index (χ4n) is 1.49. The van der Waals surface area contributed by atoms with Gasteiger partial charge in [0.05, 0.1) is 5.02 Å². The zero-order valence-electron chi connectivity index (χ0n) is 8.75. The summed E-state index contributed by atoms with van der Waals surface area (Å²) in [6.45, 7) is 0. The van der Waals surface area contributed by atoms with Crippen LogP contribution in [0.2, 0.25) is 5.02 Å². The number of nitrogen functional groups attached to an aromatic ring is 1. The first kappa shape index (κ1) is 12.3. The lowest BCUT2D eigenvalue weighted by atomic mass is 10.0. The number of nitrogens with zero attached hydrogens (tertiary/aromatic N) is 1. The molecule has 17 heavy (non-hydrogen) atoms. The van der Waals surface area contributed by atoms with E-state index >= 15 is 0 Å². The van der Waals surface area contributed by atoms with Gasteiger partial charge in [0.15, 0.2) is 0 Å². The minimum atomic E-state index is -0.427. The van der Waals surface area contributed by atoms with Crippen LogP contribution in [0.4, 0.5) is 10.1 Å². The van der Waals surface area contributed by atoms with E-state index in [0.29, 0.717) is 22.1 Å². The molecule has 0 radical (unpaired) electrons. The van der Waals surface area contributed by atoms with Crippen LogP contribution < -0.4 is 5.73 Å². The Morgan fingerprint density at radius 3 is 2.76 bits per heavy atom. The normalized spacial score (nSPS) is 10.5. The maximum Gasteiger partial charge on any atom is 0.146 e. The Labute approximate surface area is 112 Å². The highest BCUT2D eigenvalue weighted by molar-refractivity contribution is 9.10. The molecule has 1 heterocycles. The van der Waals surface area contributed by atoms with Gasteiger partial charge in [-0.05, 0) is 39.2 Å². The third kappa shape index (κ3) is 2.58. The molecule has 1 aromatic heterocycles. The van der Waals surface area contributed by atoms with Gasteiger partial charge in [0.1, 0.15) is 5.82 Å². The van der Waals surface area contributed by atoms with Crippen LogP contribution in [0.1, 0.15) is 11.1 Å². The lowest BCUT2D eigenvalue weighted by molar-refractivity contribution is 0.613. The van der Waals surface area contributed by atoms with Crippen molar-refractivity contribution in [1.29, 1.82) is 0 Å². The monoisotopic (exact) mass is 314 g/mol. The molecule has 5 heteroatoms. The number of halogens is 3. The van der Waals surface area contributed by atoms with E-state index in [1.54, 1.807) is 30.6 Å². The first-order valence-electron chi connectivity index (χ1n) is 4.90. The SMILES string of the molecule is Nc1ccncc1Cc1ccc(Br)c(Cl)c1F. The largest absolute Gasteiger partial charge is 0.398 e. The number of rotatable bonds is 2. The van der Waals surface area contributed by atoms with Crippen molar-refractivity contribution in [3.8, 4) is 0 Å². The number of aromatic nitrogens is 1. The van der Waals surface area contributed by atoms with Gasteiger partial charge in [-0.25, -0.2) is 4.39 Å². The van der Waals surface area contributed by atoms with E-state index in [4.69, 9.17) is 17.3 Å². The Hall–Kier alpha value is -1.13. The summed E-state index contributed by atoms with van der Waals surface area (Å²) in [4.78, 5) is 3.97. The summed E-state index contributed by atoms with van der Waals surface area (Å²) < 4.78 is 14.4. The number of nitrogens with two attached hydrogens (primary N) is 1. The third-order valence-electron chi connectivity index (χ3n) is 2.44. The molecular weight excluding hydrogens is 307 g/mol. The molecule has 0 saturated heterocycles. The van der Waals surface area contributed by atoms with E-state index in [9.17, 15) is 4.39 Å². The molecule has 0 saturated carbocycles. The summed E-state index contributed by atoms with van der Waals surface area (Å²) in [6.07, 6.45) is 3.60. The summed E-state index contributed by atoms with van der Waals surface area (Å²) >= 11 is 8.99. The van der Waals surface area contributed by atoms with E-state index < -0.39 is 5.82 Å². The maximum atomic E-state index is 13.9. The predicted octanol–water partition coefficient (Wildman–Crippen LogP) is 3.81. The van der Waals surface area contributed by atoms with Crippen molar-refractivity contribution >= 4 is 33.2 Å². The number of pyridine rings is 1. The van der Waals surface area contributed by atoms with E-state index in [2.05, 4.69) is 20.9 Å².